The van der Waals surface area contributed by atoms with Gasteiger partial charge >= 0.3 is 0 Å². The van der Waals surface area contributed by atoms with E-state index in [1.165, 1.54) is 32.4 Å². The van der Waals surface area contributed by atoms with E-state index in [-0.39, 0.29) is 0 Å². The van der Waals surface area contributed by atoms with E-state index in [9.17, 15) is 0 Å². The lowest BCUT2D eigenvalue weighted by Gasteiger charge is -2.35. The van der Waals surface area contributed by atoms with Gasteiger partial charge in [0.1, 0.15) is 0 Å². The lowest BCUT2D eigenvalue weighted by atomic mass is 9.76. The van der Waals surface area contributed by atoms with E-state index in [2.05, 4.69) is 26.1 Å². The van der Waals surface area contributed by atoms with E-state index in [1.54, 1.807) is 0 Å². The normalized spacial score (nSPS) is 31.0. The van der Waals surface area contributed by atoms with Crippen LogP contribution >= 0.6 is 0 Å². The highest BCUT2D eigenvalue weighted by Crippen LogP contribution is 2.30. The van der Waals surface area contributed by atoms with Crippen molar-refractivity contribution in [2.45, 2.75) is 40.0 Å². The molecule has 2 unspecified atom stereocenters. The lowest BCUT2D eigenvalue weighted by Crippen LogP contribution is -2.38. The molecule has 0 radical (unpaired) electrons. The van der Waals surface area contributed by atoms with Crippen molar-refractivity contribution < 1.29 is 0 Å². The van der Waals surface area contributed by atoms with Gasteiger partial charge in [0.15, 0.2) is 0 Å². The second kappa shape index (κ2) is 4.86. The third kappa shape index (κ3) is 2.22. The zero-order valence-corrected chi connectivity index (χ0v) is 8.77. The summed E-state index contributed by atoms with van der Waals surface area (Å²) in [5.74, 6) is 2.85. The molecule has 2 atom stereocenters. The standard InChI is InChI=1S/C11H23N/c1-4-10(5-2)11-6-7-12-8-9(11)3/h9-12H,4-8H2,1-3H3. The molecule has 1 nitrogen and oxygen atoms in total. The van der Waals surface area contributed by atoms with Crippen molar-refractivity contribution in [2.75, 3.05) is 13.1 Å². The topological polar surface area (TPSA) is 12.0 Å². The first-order valence-electron chi connectivity index (χ1n) is 5.50. The molecule has 0 aromatic carbocycles. The van der Waals surface area contributed by atoms with Crippen molar-refractivity contribution in [3.05, 3.63) is 0 Å². The second-order valence-corrected chi connectivity index (χ2v) is 4.21. The van der Waals surface area contributed by atoms with Crippen LogP contribution in [0, 0.1) is 17.8 Å². The van der Waals surface area contributed by atoms with Gasteiger partial charge in [0.05, 0.1) is 0 Å². The highest BCUT2D eigenvalue weighted by molar-refractivity contribution is 4.79. The maximum absolute atomic E-state index is 3.47. The van der Waals surface area contributed by atoms with Gasteiger partial charge in [0, 0.05) is 0 Å². The highest BCUT2D eigenvalue weighted by Gasteiger charge is 2.26. The zero-order chi connectivity index (χ0) is 8.97. The molecule has 1 saturated heterocycles. The molecule has 0 bridgehead atoms. The molecule has 0 spiro atoms. The molecule has 12 heavy (non-hydrogen) atoms. The van der Waals surface area contributed by atoms with Gasteiger partial charge < -0.3 is 5.32 Å². The van der Waals surface area contributed by atoms with Crippen molar-refractivity contribution in [3.8, 4) is 0 Å². The molecule has 0 aromatic rings. The van der Waals surface area contributed by atoms with Crippen molar-refractivity contribution in [1.29, 1.82) is 0 Å². The van der Waals surface area contributed by atoms with Gasteiger partial charge in [-0.1, -0.05) is 33.6 Å². The monoisotopic (exact) mass is 169 g/mol. The summed E-state index contributed by atoms with van der Waals surface area (Å²) >= 11 is 0. The molecule has 1 heteroatoms. The van der Waals surface area contributed by atoms with Crippen LogP contribution in [0.15, 0.2) is 0 Å². The number of piperidine rings is 1. The van der Waals surface area contributed by atoms with Crippen LogP contribution in [0.4, 0.5) is 0 Å². The zero-order valence-electron chi connectivity index (χ0n) is 8.77. The summed E-state index contributed by atoms with van der Waals surface area (Å²) in [4.78, 5) is 0. The summed E-state index contributed by atoms with van der Waals surface area (Å²) in [5, 5.41) is 3.47. The number of hydrogen-bond acceptors (Lipinski definition) is 1. The predicted octanol–water partition coefficient (Wildman–Crippen LogP) is 2.67. The van der Waals surface area contributed by atoms with Gasteiger partial charge in [0.2, 0.25) is 0 Å². The molecule has 0 aromatic heterocycles. The summed E-state index contributed by atoms with van der Waals surface area (Å²) in [6.45, 7) is 9.55. The Morgan fingerprint density at radius 3 is 2.50 bits per heavy atom. The van der Waals surface area contributed by atoms with Crippen LogP contribution in [-0.4, -0.2) is 13.1 Å². The molecule has 0 amide bonds. The van der Waals surface area contributed by atoms with Crippen LogP contribution in [0.1, 0.15) is 40.0 Å². The molecule has 1 aliphatic rings. The smallest absolute Gasteiger partial charge is 0.00204 e. The van der Waals surface area contributed by atoms with Gasteiger partial charge in [-0.05, 0) is 37.3 Å². The molecular weight excluding hydrogens is 146 g/mol. The van der Waals surface area contributed by atoms with E-state index < -0.39 is 0 Å². The first kappa shape index (κ1) is 10.0. The van der Waals surface area contributed by atoms with Crippen molar-refractivity contribution >= 4 is 0 Å². The molecule has 1 fully saturated rings. The minimum atomic E-state index is 0.892. The third-order valence-corrected chi connectivity index (χ3v) is 3.51. The summed E-state index contributed by atoms with van der Waals surface area (Å²) in [6, 6.07) is 0. The van der Waals surface area contributed by atoms with Crippen molar-refractivity contribution in [3.63, 3.8) is 0 Å². The largest absolute Gasteiger partial charge is 0.316 e. The summed E-state index contributed by atoms with van der Waals surface area (Å²) in [7, 11) is 0. The first-order valence-corrected chi connectivity index (χ1v) is 5.50. The van der Waals surface area contributed by atoms with E-state index in [0.29, 0.717) is 0 Å². The Hall–Kier alpha value is -0.0400. The maximum Gasteiger partial charge on any atom is -0.00204 e. The second-order valence-electron chi connectivity index (χ2n) is 4.21. The molecule has 72 valence electrons. The van der Waals surface area contributed by atoms with E-state index in [1.807, 2.05) is 0 Å². The van der Waals surface area contributed by atoms with Crippen LogP contribution in [0.2, 0.25) is 0 Å². The predicted molar refractivity (Wildman–Crippen MR) is 54.2 cm³/mol. The van der Waals surface area contributed by atoms with Crippen LogP contribution < -0.4 is 5.32 Å². The van der Waals surface area contributed by atoms with Crippen LogP contribution in [0.3, 0.4) is 0 Å². The highest BCUT2D eigenvalue weighted by atomic mass is 14.9. The molecule has 0 saturated carbocycles. The molecule has 0 aliphatic carbocycles. The minimum absolute atomic E-state index is 0.892. The Balaban J connectivity index is 2.45. The van der Waals surface area contributed by atoms with E-state index in [0.717, 1.165) is 17.8 Å². The Kier molecular flexibility index (Phi) is 4.07. The van der Waals surface area contributed by atoms with E-state index >= 15 is 0 Å². The van der Waals surface area contributed by atoms with Crippen LogP contribution in [0.25, 0.3) is 0 Å². The van der Waals surface area contributed by atoms with Crippen LogP contribution in [-0.2, 0) is 0 Å². The average molecular weight is 169 g/mol. The van der Waals surface area contributed by atoms with E-state index in [4.69, 9.17) is 0 Å². The lowest BCUT2D eigenvalue weighted by molar-refractivity contribution is 0.178. The number of nitrogens with one attached hydrogen (secondary N) is 1. The Bertz CT molecular complexity index is 118. The van der Waals surface area contributed by atoms with Gasteiger partial charge in [-0.25, -0.2) is 0 Å². The molecule has 1 N–H and O–H groups in total. The fourth-order valence-corrected chi connectivity index (χ4v) is 2.63. The van der Waals surface area contributed by atoms with Gasteiger partial charge in [0.25, 0.3) is 0 Å². The summed E-state index contributed by atoms with van der Waals surface area (Å²) in [5.41, 5.74) is 0. The SMILES string of the molecule is CCC(CC)C1CCNCC1C. The molecule has 1 rings (SSSR count). The average Bonchev–Trinajstić information content (AvgIpc) is 2.10. The van der Waals surface area contributed by atoms with Gasteiger partial charge in [-0.2, -0.15) is 0 Å². The number of hydrogen-bond donors (Lipinski definition) is 1. The first-order chi connectivity index (χ1) is 5.79. The molecule has 1 aliphatic heterocycles. The Labute approximate surface area is 76.9 Å². The summed E-state index contributed by atoms with van der Waals surface area (Å²) < 4.78 is 0. The van der Waals surface area contributed by atoms with Crippen molar-refractivity contribution in [2.24, 2.45) is 17.8 Å². The van der Waals surface area contributed by atoms with Gasteiger partial charge in [-0.3, -0.25) is 0 Å². The number of rotatable bonds is 3. The summed E-state index contributed by atoms with van der Waals surface area (Å²) in [6.07, 6.45) is 4.13. The Morgan fingerprint density at radius 1 is 1.33 bits per heavy atom. The molecular formula is C11H23N. The minimum Gasteiger partial charge on any atom is -0.316 e. The maximum atomic E-state index is 3.47. The van der Waals surface area contributed by atoms with Gasteiger partial charge in [-0.15, -0.1) is 0 Å². The third-order valence-electron chi connectivity index (χ3n) is 3.51. The van der Waals surface area contributed by atoms with Crippen LogP contribution in [0.5, 0.6) is 0 Å². The fourth-order valence-electron chi connectivity index (χ4n) is 2.63. The fraction of sp³-hybridized carbons (Fsp3) is 1.00. The quantitative estimate of drug-likeness (QED) is 0.685. The molecule has 1 heterocycles. The van der Waals surface area contributed by atoms with Crippen molar-refractivity contribution in [1.82, 2.24) is 5.32 Å². The Morgan fingerprint density at radius 2 is 2.00 bits per heavy atom.